The standard InChI is InChI=1S/C36H52O4/c1-9-10-11-13-16-27(2)21-29(4)23-30(5)22-28(3)19-20-33(39-26-31-17-14-12-15-18-31)36(6,7)34-24-32(38-8)25-35(37)40-34/h12,14-15,17-20,22-25,27,30,33H,9-11,13,16,21,26H2,1-8H3/b20-19+,28-22+,29-23+/t27-,30-,33+/m1/s1. The molecule has 40 heavy (non-hydrogen) atoms. The summed E-state index contributed by atoms with van der Waals surface area (Å²) in [5, 5.41) is 0. The van der Waals surface area contributed by atoms with Crippen molar-refractivity contribution >= 4 is 0 Å². The van der Waals surface area contributed by atoms with E-state index in [0.717, 1.165) is 17.9 Å². The highest BCUT2D eigenvalue weighted by Crippen LogP contribution is 2.32. The molecule has 2 aromatic rings. The highest BCUT2D eigenvalue weighted by molar-refractivity contribution is 5.29. The molecule has 0 fully saturated rings. The molecule has 2 rings (SSSR count). The maximum atomic E-state index is 12.2. The molecule has 0 saturated heterocycles. The number of benzene rings is 1. The van der Waals surface area contributed by atoms with Gasteiger partial charge in [0.1, 0.15) is 11.5 Å². The minimum atomic E-state index is -0.616. The van der Waals surface area contributed by atoms with E-state index in [4.69, 9.17) is 13.9 Å². The molecule has 1 aromatic heterocycles. The molecular formula is C36H52O4. The number of allylic oxidation sites excluding steroid dienone is 5. The number of hydrogen-bond donors (Lipinski definition) is 0. The van der Waals surface area contributed by atoms with Crippen LogP contribution in [0.3, 0.4) is 0 Å². The lowest BCUT2D eigenvalue weighted by atomic mass is 9.82. The first-order valence-corrected chi connectivity index (χ1v) is 14.9. The van der Waals surface area contributed by atoms with Crippen molar-refractivity contribution in [3.05, 3.63) is 99.7 Å². The lowest BCUT2D eigenvalue weighted by Crippen LogP contribution is -2.35. The van der Waals surface area contributed by atoms with Crippen molar-refractivity contribution in [1.82, 2.24) is 0 Å². The fourth-order valence-corrected chi connectivity index (χ4v) is 5.14. The van der Waals surface area contributed by atoms with Crippen molar-refractivity contribution < 1.29 is 13.9 Å². The summed E-state index contributed by atoms with van der Waals surface area (Å²) in [4.78, 5) is 12.2. The summed E-state index contributed by atoms with van der Waals surface area (Å²) in [6, 6.07) is 13.2. The van der Waals surface area contributed by atoms with Crippen LogP contribution < -0.4 is 10.4 Å². The summed E-state index contributed by atoms with van der Waals surface area (Å²) in [6.45, 7) is 15.8. The third kappa shape index (κ3) is 11.7. The minimum Gasteiger partial charge on any atom is -0.496 e. The van der Waals surface area contributed by atoms with Crippen LogP contribution in [0.2, 0.25) is 0 Å². The van der Waals surface area contributed by atoms with Crippen molar-refractivity contribution in [3.8, 4) is 5.75 Å². The fourth-order valence-electron chi connectivity index (χ4n) is 5.14. The monoisotopic (exact) mass is 548 g/mol. The Morgan fingerprint density at radius 1 is 1.02 bits per heavy atom. The van der Waals surface area contributed by atoms with E-state index in [0.29, 0.717) is 24.0 Å². The van der Waals surface area contributed by atoms with Crippen molar-refractivity contribution in [1.29, 1.82) is 0 Å². The summed E-state index contributed by atoms with van der Waals surface area (Å²) < 4.78 is 17.4. The van der Waals surface area contributed by atoms with E-state index < -0.39 is 11.0 Å². The van der Waals surface area contributed by atoms with E-state index >= 15 is 0 Å². The molecule has 0 spiro atoms. The van der Waals surface area contributed by atoms with Crippen molar-refractivity contribution in [3.63, 3.8) is 0 Å². The molecule has 0 aliphatic heterocycles. The third-order valence-electron chi connectivity index (χ3n) is 7.43. The van der Waals surface area contributed by atoms with Gasteiger partial charge >= 0.3 is 5.63 Å². The molecule has 0 radical (unpaired) electrons. The predicted molar refractivity (Wildman–Crippen MR) is 168 cm³/mol. The van der Waals surface area contributed by atoms with E-state index in [1.807, 2.05) is 44.2 Å². The van der Waals surface area contributed by atoms with Crippen LogP contribution in [-0.2, 0) is 16.8 Å². The van der Waals surface area contributed by atoms with Crippen LogP contribution in [0.15, 0.2) is 87.1 Å². The van der Waals surface area contributed by atoms with Crippen molar-refractivity contribution in [2.75, 3.05) is 7.11 Å². The molecule has 0 aliphatic carbocycles. The molecule has 4 nitrogen and oxygen atoms in total. The zero-order valence-corrected chi connectivity index (χ0v) is 26.2. The largest absolute Gasteiger partial charge is 0.496 e. The van der Waals surface area contributed by atoms with Gasteiger partial charge in [-0.2, -0.15) is 0 Å². The van der Waals surface area contributed by atoms with Crippen LogP contribution in [0.4, 0.5) is 0 Å². The summed E-state index contributed by atoms with van der Waals surface area (Å²) in [6.07, 6.45) is 16.3. The van der Waals surface area contributed by atoms with Gasteiger partial charge in [0.15, 0.2) is 0 Å². The first-order valence-electron chi connectivity index (χ1n) is 14.9. The molecule has 0 aliphatic rings. The van der Waals surface area contributed by atoms with Crippen LogP contribution in [0.25, 0.3) is 0 Å². The van der Waals surface area contributed by atoms with E-state index in [2.05, 4.69) is 58.9 Å². The molecule has 0 N–H and O–H groups in total. The van der Waals surface area contributed by atoms with Crippen molar-refractivity contribution in [2.24, 2.45) is 11.8 Å². The van der Waals surface area contributed by atoms with Gasteiger partial charge in [-0.1, -0.05) is 119 Å². The molecular weight excluding hydrogens is 496 g/mol. The van der Waals surface area contributed by atoms with Gasteiger partial charge in [-0.05, 0) is 51.5 Å². The SMILES string of the molecule is CCCCCC[C@@H](C)C/C(C)=C/[C@H](C)/C=C(C)/C=C/[C@H](OCc1ccccc1)C(C)(C)c1cc(OC)cc(=O)o1. The Bertz CT molecular complexity index is 1150. The molecule has 0 amide bonds. The molecule has 0 unspecified atom stereocenters. The van der Waals surface area contributed by atoms with E-state index in [1.165, 1.54) is 49.3 Å². The van der Waals surface area contributed by atoms with Gasteiger partial charge < -0.3 is 13.9 Å². The van der Waals surface area contributed by atoms with Crippen LogP contribution in [-0.4, -0.2) is 13.2 Å². The van der Waals surface area contributed by atoms with Gasteiger partial charge in [-0.3, -0.25) is 0 Å². The molecule has 0 saturated carbocycles. The zero-order chi connectivity index (χ0) is 29.5. The molecule has 1 heterocycles. The lowest BCUT2D eigenvalue weighted by Gasteiger charge is -2.31. The number of unbranched alkanes of at least 4 members (excludes halogenated alkanes) is 3. The quantitative estimate of drug-likeness (QED) is 0.112. The van der Waals surface area contributed by atoms with E-state index in [-0.39, 0.29) is 6.10 Å². The topological polar surface area (TPSA) is 48.7 Å². The van der Waals surface area contributed by atoms with Crippen LogP contribution >= 0.6 is 0 Å². The Kier molecular flexibility index (Phi) is 14.2. The van der Waals surface area contributed by atoms with Crippen LogP contribution in [0.1, 0.15) is 98.3 Å². The Hall–Kier alpha value is -2.85. The van der Waals surface area contributed by atoms with Gasteiger partial charge in [-0.15, -0.1) is 0 Å². The second-order valence-corrected chi connectivity index (χ2v) is 11.9. The van der Waals surface area contributed by atoms with Gasteiger partial charge in [-0.25, -0.2) is 4.79 Å². The van der Waals surface area contributed by atoms with E-state index in [9.17, 15) is 4.79 Å². The first-order chi connectivity index (χ1) is 19.0. The predicted octanol–water partition coefficient (Wildman–Crippen LogP) is 9.59. The smallest absolute Gasteiger partial charge is 0.339 e. The highest BCUT2D eigenvalue weighted by Gasteiger charge is 2.34. The minimum absolute atomic E-state index is 0.338. The molecule has 220 valence electrons. The maximum Gasteiger partial charge on any atom is 0.339 e. The Morgan fingerprint density at radius 3 is 2.42 bits per heavy atom. The summed E-state index contributed by atoms with van der Waals surface area (Å²) >= 11 is 0. The number of hydrogen-bond acceptors (Lipinski definition) is 4. The normalized spacial score (nSPS) is 15.3. The average Bonchev–Trinajstić information content (AvgIpc) is 2.90. The maximum absolute atomic E-state index is 12.2. The van der Waals surface area contributed by atoms with Crippen molar-refractivity contribution in [2.45, 2.75) is 105 Å². The number of methoxy groups -OCH3 is 1. The number of rotatable bonds is 17. The highest BCUT2D eigenvalue weighted by atomic mass is 16.5. The molecule has 1 aromatic carbocycles. The molecule has 4 heteroatoms. The van der Waals surface area contributed by atoms with Gasteiger partial charge in [0.2, 0.25) is 0 Å². The van der Waals surface area contributed by atoms with Gasteiger partial charge in [0.25, 0.3) is 0 Å². The second-order valence-electron chi connectivity index (χ2n) is 11.9. The van der Waals surface area contributed by atoms with Gasteiger partial charge in [0.05, 0.1) is 31.3 Å². The van der Waals surface area contributed by atoms with Crippen LogP contribution in [0.5, 0.6) is 5.75 Å². The second kappa shape index (κ2) is 17.1. The Morgan fingerprint density at radius 2 is 1.75 bits per heavy atom. The Balaban J connectivity index is 2.18. The molecule has 3 atom stereocenters. The summed E-state index contributed by atoms with van der Waals surface area (Å²) in [7, 11) is 1.55. The average molecular weight is 549 g/mol. The first kappa shape index (κ1) is 33.4. The fraction of sp³-hybridized carbons (Fsp3) is 0.528. The summed E-state index contributed by atoms with van der Waals surface area (Å²) in [5.41, 5.74) is 2.66. The zero-order valence-electron chi connectivity index (χ0n) is 26.2. The van der Waals surface area contributed by atoms with E-state index in [1.54, 1.807) is 13.2 Å². The lowest BCUT2D eigenvalue weighted by molar-refractivity contribution is 0.0196. The molecule has 0 bridgehead atoms. The Labute approximate surface area is 243 Å². The third-order valence-corrected chi connectivity index (χ3v) is 7.43. The van der Waals surface area contributed by atoms with Gasteiger partial charge in [0, 0.05) is 6.07 Å². The summed E-state index contributed by atoms with van der Waals surface area (Å²) in [5.74, 6) is 2.07. The number of ether oxygens (including phenoxy) is 2. The van der Waals surface area contributed by atoms with Crippen LogP contribution in [0, 0.1) is 11.8 Å².